The molecule has 32 heavy (non-hydrogen) atoms. The fourth-order valence-corrected chi connectivity index (χ4v) is 4.71. The second-order valence-corrected chi connectivity index (χ2v) is 10.4. The third-order valence-electron chi connectivity index (χ3n) is 6.69. The summed E-state index contributed by atoms with van der Waals surface area (Å²) < 4.78 is 15.3. The lowest BCUT2D eigenvalue weighted by Crippen LogP contribution is -2.65. The van der Waals surface area contributed by atoms with Gasteiger partial charge in [-0.15, -0.1) is 0 Å². The molecule has 6 nitrogen and oxygen atoms in total. The number of amides is 2. The van der Waals surface area contributed by atoms with Crippen molar-refractivity contribution in [2.24, 2.45) is 0 Å². The maximum absolute atomic E-state index is 13.7. The van der Waals surface area contributed by atoms with E-state index in [1.165, 1.54) is 29.9 Å². The van der Waals surface area contributed by atoms with Crippen molar-refractivity contribution in [2.45, 2.75) is 89.8 Å². The molecule has 0 saturated heterocycles. The van der Waals surface area contributed by atoms with Crippen molar-refractivity contribution >= 4 is 17.5 Å². The third-order valence-corrected chi connectivity index (χ3v) is 6.69. The minimum atomic E-state index is -1.19. The highest BCUT2D eigenvalue weighted by Gasteiger charge is 2.49. The Hall–Kier alpha value is -2.70. The van der Waals surface area contributed by atoms with Crippen LogP contribution in [0.3, 0.4) is 0 Å². The Morgan fingerprint density at radius 3 is 2.34 bits per heavy atom. The van der Waals surface area contributed by atoms with Crippen molar-refractivity contribution in [1.82, 2.24) is 15.1 Å². The molecule has 172 valence electrons. The maximum atomic E-state index is 13.7. The van der Waals surface area contributed by atoms with Gasteiger partial charge in [-0.3, -0.25) is 19.2 Å². The van der Waals surface area contributed by atoms with Crippen LogP contribution < -0.4 is 10.2 Å². The predicted molar refractivity (Wildman–Crippen MR) is 122 cm³/mol. The number of hydrogen-bond acceptors (Lipinski definition) is 3. The molecule has 2 aliphatic rings. The van der Waals surface area contributed by atoms with E-state index >= 15 is 0 Å². The highest BCUT2D eigenvalue weighted by atomic mass is 19.1. The minimum Gasteiger partial charge on any atom is -0.351 e. The van der Waals surface area contributed by atoms with Crippen LogP contribution in [0.2, 0.25) is 0 Å². The van der Waals surface area contributed by atoms with E-state index in [4.69, 9.17) is 0 Å². The first-order valence-corrected chi connectivity index (χ1v) is 11.6. The Morgan fingerprint density at radius 2 is 1.75 bits per heavy atom. The first-order valence-electron chi connectivity index (χ1n) is 11.6. The van der Waals surface area contributed by atoms with Gasteiger partial charge in [0.1, 0.15) is 17.1 Å². The van der Waals surface area contributed by atoms with Crippen molar-refractivity contribution < 1.29 is 14.0 Å². The SMILES string of the molecule is CC(C)(C)c1cc2n(n1)CC(C)(C(=O)NC1CCCCCC1)N(c1ccc(F)cc1)C2=O. The molecule has 1 saturated carbocycles. The summed E-state index contributed by atoms with van der Waals surface area (Å²) >= 11 is 0. The molecule has 1 fully saturated rings. The standard InChI is InChI=1S/C25H33FN4O2/c1-24(2,3)21-15-20-22(31)30(19-13-11-17(26)12-14-19)25(4,16-29(20)28-21)23(32)27-18-9-7-5-6-8-10-18/h11-15,18H,5-10,16H2,1-4H3,(H,27,32). The van der Waals surface area contributed by atoms with Crippen LogP contribution in [0.25, 0.3) is 0 Å². The lowest BCUT2D eigenvalue weighted by molar-refractivity contribution is -0.127. The number of halogens is 1. The number of carbonyl (C=O) groups is 2. The summed E-state index contributed by atoms with van der Waals surface area (Å²) in [5, 5.41) is 7.90. The number of hydrogen-bond donors (Lipinski definition) is 1. The molecule has 2 amide bonds. The second kappa shape index (κ2) is 8.34. The van der Waals surface area contributed by atoms with E-state index in [2.05, 4.69) is 10.4 Å². The molecular weight excluding hydrogens is 407 g/mol. The molecule has 2 aromatic rings. The highest BCUT2D eigenvalue weighted by Crippen LogP contribution is 2.35. The molecule has 0 radical (unpaired) electrons. The second-order valence-electron chi connectivity index (χ2n) is 10.4. The van der Waals surface area contributed by atoms with E-state index in [1.54, 1.807) is 23.7 Å². The fourth-order valence-electron chi connectivity index (χ4n) is 4.71. The van der Waals surface area contributed by atoms with E-state index in [0.717, 1.165) is 31.4 Å². The lowest BCUT2D eigenvalue weighted by atomic mass is 9.91. The first kappa shape index (κ1) is 22.5. The van der Waals surface area contributed by atoms with Crippen LogP contribution in [0.1, 0.15) is 82.4 Å². The van der Waals surface area contributed by atoms with Crippen LogP contribution in [-0.2, 0) is 16.8 Å². The molecule has 1 aliphatic heterocycles. The van der Waals surface area contributed by atoms with Crippen molar-refractivity contribution in [1.29, 1.82) is 0 Å². The molecule has 1 aromatic carbocycles. The Kier molecular flexibility index (Phi) is 5.86. The van der Waals surface area contributed by atoms with Gasteiger partial charge in [0.15, 0.2) is 0 Å². The lowest BCUT2D eigenvalue weighted by Gasteiger charge is -2.43. The molecule has 1 unspecified atom stereocenters. The molecule has 1 N–H and O–H groups in total. The predicted octanol–water partition coefficient (Wildman–Crippen LogP) is 4.58. The van der Waals surface area contributed by atoms with E-state index in [0.29, 0.717) is 11.4 Å². The fraction of sp³-hybridized carbons (Fsp3) is 0.560. The van der Waals surface area contributed by atoms with Crippen molar-refractivity contribution in [3.63, 3.8) is 0 Å². The molecule has 0 spiro atoms. The van der Waals surface area contributed by atoms with Gasteiger partial charge in [-0.2, -0.15) is 5.10 Å². The summed E-state index contributed by atoms with van der Waals surface area (Å²) in [7, 11) is 0. The molecule has 4 rings (SSSR count). The molecular formula is C25H33FN4O2. The van der Waals surface area contributed by atoms with E-state index in [-0.39, 0.29) is 35.6 Å². The summed E-state index contributed by atoms with van der Waals surface area (Å²) in [4.78, 5) is 28.9. The average molecular weight is 441 g/mol. The van der Waals surface area contributed by atoms with Crippen LogP contribution in [0, 0.1) is 5.82 Å². The van der Waals surface area contributed by atoms with Gasteiger partial charge in [0.25, 0.3) is 5.91 Å². The number of rotatable bonds is 3. The zero-order valence-electron chi connectivity index (χ0n) is 19.4. The smallest absolute Gasteiger partial charge is 0.277 e. The molecule has 1 atom stereocenters. The van der Waals surface area contributed by atoms with Gasteiger partial charge in [0, 0.05) is 17.1 Å². The van der Waals surface area contributed by atoms with Gasteiger partial charge >= 0.3 is 0 Å². The monoisotopic (exact) mass is 440 g/mol. The van der Waals surface area contributed by atoms with Gasteiger partial charge in [-0.1, -0.05) is 46.5 Å². The normalized spacial score (nSPS) is 22.4. The zero-order chi connectivity index (χ0) is 23.1. The number of carbonyl (C=O) groups excluding carboxylic acids is 2. The summed E-state index contributed by atoms with van der Waals surface area (Å²) in [6, 6.07) is 7.66. The third kappa shape index (κ3) is 4.17. The van der Waals surface area contributed by atoms with E-state index in [1.807, 2.05) is 26.8 Å². The summed E-state index contributed by atoms with van der Waals surface area (Å²) in [6.45, 7) is 8.15. The zero-order valence-corrected chi connectivity index (χ0v) is 19.4. The van der Waals surface area contributed by atoms with Crippen molar-refractivity contribution in [2.75, 3.05) is 4.90 Å². The van der Waals surface area contributed by atoms with Crippen LogP contribution >= 0.6 is 0 Å². The van der Waals surface area contributed by atoms with Crippen molar-refractivity contribution in [3.05, 3.63) is 47.5 Å². The Bertz CT molecular complexity index is 1000. The van der Waals surface area contributed by atoms with Crippen LogP contribution in [0.5, 0.6) is 0 Å². The quantitative estimate of drug-likeness (QED) is 0.711. The number of benzene rings is 1. The number of anilines is 1. The van der Waals surface area contributed by atoms with Crippen LogP contribution in [0.15, 0.2) is 30.3 Å². The largest absolute Gasteiger partial charge is 0.351 e. The topological polar surface area (TPSA) is 67.2 Å². The molecule has 0 bridgehead atoms. The van der Waals surface area contributed by atoms with Crippen molar-refractivity contribution in [3.8, 4) is 0 Å². The summed E-state index contributed by atoms with van der Waals surface area (Å²) in [5.41, 5.74) is 0.326. The summed E-state index contributed by atoms with van der Waals surface area (Å²) in [6.07, 6.45) is 6.48. The van der Waals surface area contributed by atoms with Crippen LogP contribution in [-0.4, -0.2) is 33.2 Å². The molecule has 7 heteroatoms. The Labute approximate surface area is 189 Å². The maximum Gasteiger partial charge on any atom is 0.277 e. The van der Waals surface area contributed by atoms with E-state index in [9.17, 15) is 14.0 Å². The Morgan fingerprint density at radius 1 is 1.12 bits per heavy atom. The number of nitrogens with zero attached hydrogens (tertiary/aromatic N) is 3. The minimum absolute atomic E-state index is 0.108. The van der Waals surface area contributed by atoms with Gasteiger partial charge < -0.3 is 5.32 Å². The van der Waals surface area contributed by atoms with Gasteiger partial charge in [-0.25, -0.2) is 4.39 Å². The van der Waals surface area contributed by atoms with E-state index < -0.39 is 5.54 Å². The average Bonchev–Trinajstić information content (AvgIpc) is 3.00. The first-order chi connectivity index (χ1) is 15.1. The highest BCUT2D eigenvalue weighted by molar-refractivity contribution is 6.11. The van der Waals surface area contributed by atoms with Gasteiger partial charge in [0.2, 0.25) is 5.91 Å². The Balaban J connectivity index is 1.74. The van der Waals surface area contributed by atoms with Gasteiger partial charge in [-0.05, 0) is 50.1 Å². The summed E-state index contributed by atoms with van der Waals surface area (Å²) in [5.74, 6) is -0.882. The number of nitrogens with one attached hydrogen (secondary N) is 1. The number of fused-ring (bicyclic) bond motifs is 1. The van der Waals surface area contributed by atoms with Gasteiger partial charge in [0.05, 0.1) is 12.2 Å². The number of aromatic nitrogens is 2. The van der Waals surface area contributed by atoms with Crippen LogP contribution in [0.4, 0.5) is 10.1 Å². The molecule has 2 heterocycles. The molecule has 1 aliphatic carbocycles. The molecule has 1 aromatic heterocycles.